The summed E-state index contributed by atoms with van der Waals surface area (Å²) in [6, 6.07) is 5.57. The van der Waals surface area contributed by atoms with Gasteiger partial charge in [0, 0.05) is 25.7 Å². The molecule has 0 spiro atoms. The molecule has 1 rings (SSSR count). The van der Waals surface area contributed by atoms with Crippen LogP contribution in [0.15, 0.2) is 41.8 Å². The number of benzene rings is 1. The van der Waals surface area contributed by atoms with Crippen molar-refractivity contribution in [2.45, 2.75) is 11.3 Å². The SMILES string of the molecule is C=CCNS(=O)(=O)c1cccc(C(=O)N(C)CCC(=O)O)c1. The molecule has 0 heterocycles. The van der Waals surface area contributed by atoms with Crippen molar-refractivity contribution in [3.05, 3.63) is 42.5 Å². The molecule has 0 saturated heterocycles. The molecular formula is C14H18N2O5S. The number of aliphatic carboxylic acids is 1. The number of nitrogens with zero attached hydrogens (tertiary/aromatic N) is 1. The third-order valence-electron chi connectivity index (χ3n) is 2.82. The second kappa shape index (κ2) is 7.71. The van der Waals surface area contributed by atoms with Crippen LogP contribution in [0.3, 0.4) is 0 Å². The van der Waals surface area contributed by atoms with E-state index >= 15 is 0 Å². The molecule has 1 aromatic carbocycles. The molecule has 0 atom stereocenters. The highest BCUT2D eigenvalue weighted by Crippen LogP contribution is 2.13. The van der Waals surface area contributed by atoms with Crippen molar-refractivity contribution in [3.8, 4) is 0 Å². The molecule has 0 aliphatic rings. The summed E-state index contributed by atoms with van der Waals surface area (Å²) in [6.07, 6.45) is 1.23. The van der Waals surface area contributed by atoms with Gasteiger partial charge in [-0.05, 0) is 18.2 Å². The van der Waals surface area contributed by atoms with Crippen LogP contribution in [-0.2, 0) is 14.8 Å². The van der Waals surface area contributed by atoms with Crippen molar-refractivity contribution in [1.29, 1.82) is 0 Å². The van der Waals surface area contributed by atoms with E-state index < -0.39 is 21.9 Å². The number of carbonyl (C=O) groups excluding carboxylic acids is 1. The summed E-state index contributed by atoms with van der Waals surface area (Å²) < 4.78 is 26.3. The number of nitrogens with one attached hydrogen (secondary N) is 1. The van der Waals surface area contributed by atoms with Crippen LogP contribution in [-0.4, -0.2) is 50.4 Å². The Morgan fingerprint density at radius 2 is 2.09 bits per heavy atom. The second-order valence-corrected chi connectivity index (χ2v) is 6.31. The molecule has 2 N–H and O–H groups in total. The lowest BCUT2D eigenvalue weighted by atomic mass is 10.2. The molecule has 0 radical (unpaired) electrons. The summed E-state index contributed by atoms with van der Waals surface area (Å²) in [5.74, 6) is -1.45. The van der Waals surface area contributed by atoms with Crippen LogP contribution >= 0.6 is 0 Å². The summed E-state index contributed by atoms with van der Waals surface area (Å²) in [6.45, 7) is 3.55. The number of carboxylic acids is 1. The van der Waals surface area contributed by atoms with E-state index in [9.17, 15) is 18.0 Å². The summed E-state index contributed by atoms with van der Waals surface area (Å²) in [5, 5.41) is 8.61. The summed E-state index contributed by atoms with van der Waals surface area (Å²) >= 11 is 0. The lowest BCUT2D eigenvalue weighted by Crippen LogP contribution is -2.29. The third-order valence-corrected chi connectivity index (χ3v) is 4.24. The zero-order valence-electron chi connectivity index (χ0n) is 12.2. The Bertz CT molecular complexity index is 670. The van der Waals surface area contributed by atoms with Crippen molar-refractivity contribution >= 4 is 21.9 Å². The molecule has 0 unspecified atom stereocenters. The van der Waals surface area contributed by atoms with E-state index in [4.69, 9.17) is 5.11 Å². The highest BCUT2D eigenvalue weighted by Gasteiger charge is 2.17. The van der Waals surface area contributed by atoms with Gasteiger partial charge < -0.3 is 10.0 Å². The molecule has 0 aliphatic carbocycles. The van der Waals surface area contributed by atoms with Crippen molar-refractivity contribution in [2.24, 2.45) is 0 Å². The van der Waals surface area contributed by atoms with Crippen LogP contribution in [0, 0.1) is 0 Å². The van der Waals surface area contributed by atoms with Gasteiger partial charge in [-0.1, -0.05) is 12.1 Å². The zero-order chi connectivity index (χ0) is 16.8. The molecule has 0 aromatic heterocycles. The molecule has 0 bridgehead atoms. The van der Waals surface area contributed by atoms with Crippen LogP contribution in [0.2, 0.25) is 0 Å². The fourth-order valence-corrected chi connectivity index (χ4v) is 2.68. The van der Waals surface area contributed by atoms with Gasteiger partial charge in [-0.15, -0.1) is 6.58 Å². The fraction of sp³-hybridized carbons (Fsp3) is 0.286. The molecule has 0 fully saturated rings. The average molecular weight is 326 g/mol. The number of amides is 1. The zero-order valence-corrected chi connectivity index (χ0v) is 13.0. The molecule has 120 valence electrons. The largest absolute Gasteiger partial charge is 0.481 e. The molecule has 1 aromatic rings. The maximum Gasteiger partial charge on any atom is 0.305 e. The van der Waals surface area contributed by atoms with E-state index in [0.29, 0.717) is 0 Å². The van der Waals surface area contributed by atoms with Gasteiger partial charge in [-0.25, -0.2) is 13.1 Å². The number of carbonyl (C=O) groups is 2. The lowest BCUT2D eigenvalue weighted by molar-refractivity contribution is -0.137. The van der Waals surface area contributed by atoms with Crippen LogP contribution in [0.25, 0.3) is 0 Å². The van der Waals surface area contributed by atoms with Crippen LogP contribution in [0.4, 0.5) is 0 Å². The first-order chi connectivity index (χ1) is 10.3. The predicted octanol–water partition coefficient (Wildman–Crippen LogP) is 0.698. The third kappa shape index (κ3) is 4.97. The Morgan fingerprint density at radius 1 is 1.41 bits per heavy atom. The van der Waals surface area contributed by atoms with Crippen molar-refractivity contribution in [1.82, 2.24) is 9.62 Å². The lowest BCUT2D eigenvalue weighted by Gasteiger charge is -2.16. The minimum atomic E-state index is -3.72. The van der Waals surface area contributed by atoms with Gasteiger partial charge >= 0.3 is 5.97 Å². The molecule has 22 heavy (non-hydrogen) atoms. The topological polar surface area (TPSA) is 104 Å². The Balaban J connectivity index is 2.94. The van der Waals surface area contributed by atoms with E-state index in [1.807, 2.05) is 0 Å². The molecule has 0 saturated carbocycles. The van der Waals surface area contributed by atoms with E-state index in [0.717, 1.165) is 0 Å². The molecule has 1 amide bonds. The molecular weight excluding hydrogens is 308 g/mol. The van der Waals surface area contributed by atoms with Crippen molar-refractivity contribution in [2.75, 3.05) is 20.1 Å². The average Bonchev–Trinajstić information content (AvgIpc) is 2.50. The number of carboxylic acid groups (broad SMARTS) is 1. The Kier molecular flexibility index (Phi) is 6.26. The second-order valence-electron chi connectivity index (χ2n) is 4.54. The summed E-state index contributed by atoms with van der Waals surface area (Å²) in [7, 11) is -2.26. The maximum atomic E-state index is 12.2. The molecule has 7 nitrogen and oxygen atoms in total. The summed E-state index contributed by atoms with van der Waals surface area (Å²) in [4.78, 5) is 23.9. The number of hydrogen-bond acceptors (Lipinski definition) is 4. The quantitative estimate of drug-likeness (QED) is 0.684. The number of hydrogen-bond donors (Lipinski definition) is 2. The molecule has 0 aliphatic heterocycles. The van der Waals surface area contributed by atoms with Crippen LogP contribution in [0.1, 0.15) is 16.8 Å². The fourth-order valence-electron chi connectivity index (χ4n) is 1.63. The maximum absolute atomic E-state index is 12.2. The Morgan fingerprint density at radius 3 is 2.68 bits per heavy atom. The van der Waals surface area contributed by atoms with E-state index in [1.165, 1.54) is 42.3 Å². The molecule has 8 heteroatoms. The van der Waals surface area contributed by atoms with E-state index in [1.54, 1.807) is 0 Å². The smallest absolute Gasteiger partial charge is 0.305 e. The first-order valence-corrected chi connectivity index (χ1v) is 7.94. The van der Waals surface area contributed by atoms with Gasteiger partial charge in [-0.3, -0.25) is 9.59 Å². The van der Waals surface area contributed by atoms with Crippen molar-refractivity contribution in [3.63, 3.8) is 0 Å². The highest BCUT2D eigenvalue weighted by atomic mass is 32.2. The standard InChI is InChI=1S/C14H18N2O5S/c1-3-8-15-22(20,21)12-6-4-5-11(10-12)14(19)16(2)9-7-13(17)18/h3-6,10,15H,1,7-9H2,2H3,(H,17,18). The Labute approximate surface area is 129 Å². The predicted molar refractivity (Wildman–Crippen MR) is 81.0 cm³/mol. The summed E-state index contributed by atoms with van der Waals surface area (Å²) in [5.41, 5.74) is 0.175. The monoisotopic (exact) mass is 326 g/mol. The van der Waals surface area contributed by atoms with Gasteiger partial charge in [0.05, 0.1) is 11.3 Å². The first-order valence-electron chi connectivity index (χ1n) is 6.46. The van der Waals surface area contributed by atoms with Crippen LogP contribution in [0.5, 0.6) is 0 Å². The van der Waals surface area contributed by atoms with Gasteiger partial charge in [0.1, 0.15) is 0 Å². The van der Waals surface area contributed by atoms with E-state index in [-0.39, 0.29) is 30.0 Å². The first kappa shape index (κ1) is 17.9. The Hall–Kier alpha value is -2.19. The van der Waals surface area contributed by atoms with Gasteiger partial charge in [0.25, 0.3) is 5.91 Å². The minimum absolute atomic E-state index is 0.0353. The minimum Gasteiger partial charge on any atom is -0.481 e. The van der Waals surface area contributed by atoms with Gasteiger partial charge in [0.15, 0.2) is 0 Å². The number of sulfonamides is 1. The van der Waals surface area contributed by atoms with Gasteiger partial charge in [-0.2, -0.15) is 0 Å². The highest BCUT2D eigenvalue weighted by molar-refractivity contribution is 7.89. The van der Waals surface area contributed by atoms with Gasteiger partial charge in [0.2, 0.25) is 10.0 Å². The van der Waals surface area contributed by atoms with Crippen molar-refractivity contribution < 1.29 is 23.1 Å². The number of rotatable bonds is 8. The van der Waals surface area contributed by atoms with Crippen LogP contribution < -0.4 is 4.72 Å². The normalized spacial score (nSPS) is 11.0. The van der Waals surface area contributed by atoms with E-state index in [2.05, 4.69) is 11.3 Å².